The summed E-state index contributed by atoms with van der Waals surface area (Å²) in [6, 6.07) is 4.57. The van der Waals surface area contributed by atoms with Crippen molar-refractivity contribution in [1.29, 1.82) is 0 Å². The average Bonchev–Trinajstić information content (AvgIpc) is 2.38. The van der Waals surface area contributed by atoms with E-state index < -0.39 is 17.8 Å². The molecule has 1 nitrogen and oxygen atoms in total. The SMILES string of the molecule is C/C(=C\[C@H](O)c1ccc(C(F)(F)F)cc1)CCCCCl. The summed E-state index contributed by atoms with van der Waals surface area (Å²) in [5.74, 6) is 0.606. The fraction of sp³-hybridized carbons (Fsp3) is 0.467. The second kappa shape index (κ2) is 7.70. The lowest BCUT2D eigenvalue weighted by Gasteiger charge is -2.11. The number of halogens is 4. The minimum atomic E-state index is -4.35. The van der Waals surface area contributed by atoms with Gasteiger partial charge in [0.15, 0.2) is 0 Å². The zero-order chi connectivity index (χ0) is 15.2. The number of unbranched alkanes of at least 4 members (excludes halogenated alkanes) is 1. The summed E-state index contributed by atoms with van der Waals surface area (Å²) in [6.07, 6.45) is -0.902. The van der Waals surface area contributed by atoms with E-state index in [2.05, 4.69) is 0 Å². The van der Waals surface area contributed by atoms with Crippen LogP contribution in [0.3, 0.4) is 0 Å². The standard InChI is InChI=1S/C15H18ClF3O/c1-11(4-2-3-9-16)10-14(20)12-5-7-13(8-6-12)15(17,18)19/h5-8,10,14,20H,2-4,9H2,1H3/b11-10+/t14-/m0/s1. The van der Waals surface area contributed by atoms with Gasteiger partial charge in [-0.1, -0.05) is 23.8 Å². The van der Waals surface area contributed by atoms with Crippen molar-refractivity contribution in [2.24, 2.45) is 0 Å². The lowest BCUT2D eigenvalue weighted by molar-refractivity contribution is -0.137. The van der Waals surface area contributed by atoms with Crippen LogP contribution in [-0.2, 0) is 6.18 Å². The summed E-state index contributed by atoms with van der Waals surface area (Å²) in [6.45, 7) is 1.89. The molecule has 0 bridgehead atoms. The molecule has 1 N–H and O–H groups in total. The Bertz CT molecular complexity index is 437. The highest BCUT2D eigenvalue weighted by Gasteiger charge is 2.30. The first kappa shape index (κ1) is 17.1. The van der Waals surface area contributed by atoms with Crippen LogP contribution in [0.1, 0.15) is 43.4 Å². The molecule has 0 amide bonds. The van der Waals surface area contributed by atoms with Crippen LogP contribution >= 0.6 is 11.6 Å². The van der Waals surface area contributed by atoms with E-state index in [0.29, 0.717) is 11.4 Å². The molecule has 0 aliphatic heterocycles. The van der Waals surface area contributed by atoms with E-state index in [4.69, 9.17) is 11.6 Å². The highest BCUT2D eigenvalue weighted by atomic mass is 35.5. The zero-order valence-corrected chi connectivity index (χ0v) is 12.0. The summed E-state index contributed by atoms with van der Waals surface area (Å²) in [5, 5.41) is 9.96. The number of aliphatic hydroxyl groups excluding tert-OH is 1. The Morgan fingerprint density at radius 3 is 2.35 bits per heavy atom. The maximum absolute atomic E-state index is 12.4. The van der Waals surface area contributed by atoms with E-state index in [-0.39, 0.29) is 0 Å². The maximum Gasteiger partial charge on any atom is 0.416 e. The summed E-state index contributed by atoms with van der Waals surface area (Å²) < 4.78 is 37.3. The number of rotatable bonds is 6. The number of hydrogen-bond acceptors (Lipinski definition) is 1. The molecule has 1 aromatic carbocycles. The molecule has 0 spiro atoms. The third kappa shape index (κ3) is 5.55. The van der Waals surface area contributed by atoms with Crippen molar-refractivity contribution >= 4 is 11.6 Å². The molecule has 0 aliphatic rings. The van der Waals surface area contributed by atoms with Gasteiger partial charge in [0.25, 0.3) is 0 Å². The molecule has 20 heavy (non-hydrogen) atoms. The van der Waals surface area contributed by atoms with E-state index in [9.17, 15) is 18.3 Å². The quantitative estimate of drug-likeness (QED) is 0.441. The highest BCUT2D eigenvalue weighted by molar-refractivity contribution is 6.17. The van der Waals surface area contributed by atoms with Crippen LogP contribution in [0.25, 0.3) is 0 Å². The van der Waals surface area contributed by atoms with Crippen molar-refractivity contribution < 1.29 is 18.3 Å². The molecule has 0 unspecified atom stereocenters. The van der Waals surface area contributed by atoms with Crippen LogP contribution in [0.2, 0.25) is 0 Å². The molecule has 0 fully saturated rings. The molecular formula is C15H18ClF3O. The minimum absolute atomic E-state index is 0.453. The van der Waals surface area contributed by atoms with E-state index >= 15 is 0 Å². The van der Waals surface area contributed by atoms with Gasteiger partial charge in [-0.15, -0.1) is 11.6 Å². The normalized spacial score (nSPS) is 14.4. The van der Waals surface area contributed by atoms with Crippen LogP contribution in [0.5, 0.6) is 0 Å². The first-order chi connectivity index (χ1) is 9.34. The molecule has 0 saturated carbocycles. The third-order valence-corrected chi connectivity index (χ3v) is 3.24. The van der Waals surface area contributed by atoms with Gasteiger partial charge in [0.05, 0.1) is 11.7 Å². The van der Waals surface area contributed by atoms with Crippen molar-refractivity contribution in [3.63, 3.8) is 0 Å². The van der Waals surface area contributed by atoms with E-state index in [1.54, 1.807) is 6.08 Å². The molecule has 5 heteroatoms. The van der Waals surface area contributed by atoms with Crippen molar-refractivity contribution in [3.8, 4) is 0 Å². The number of benzene rings is 1. The van der Waals surface area contributed by atoms with Gasteiger partial charge in [0.2, 0.25) is 0 Å². The third-order valence-electron chi connectivity index (χ3n) is 2.98. The van der Waals surface area contributed by atoms with Crippen LogP contribution in [-0.4, -0.2) is 11.0 Å². The van der Waals surface area contributed by atoms with Crippen LogP contribution in [0.4, 0.5) is 13.2 Å². The van der Waals surface area contributed by atoms with Gasteiger partial charge in [-0.2, -0.15) is 13.2 Å². The molecule has 1 rings (SSSR count). The van der Waals surface area contributed by atoms with Crippen molar-refractivity contribution in [1.82, 2.24) is 0 Å². The molecule has 1 atom stereocenters. The predicted molar refractivity (Wildman–Crippen MR) is 74.7 cm³/mol. The molecule has 1 aromatic rings. The number of allylic oxidation sites excluding steroid dienone is 1. The lowest BCUT2D eigenvalue weighted by atomic mass is 10.0. The first-order valence-corrected chi connectivity index (χ1v) is 6.96. The van der Waals surface area contributed by atoms with E-state index in [1.807, 2.05) is 6.92 Å². The zero-order valence-electron chi connectivity index (χ0n) is 11.3. The fourth-order valence-electron chi connectivity index (χ4n) is 1.82. The Morgan fingerprint density at radius 1 is 1.25 bits per heavy atom. The van der Waals surface area contributed by atoms with Crippen molar-refractivity contribution in [2.45, 2.75) is 38.5 Å². The molecule has 112 valence electrons. The molecular weight excluding hydrogens is 289 g/mol. The Labute approximate surface area is 122 Å². The fourth-order valence-corrected chi connectivity index (χ4v) is 2.01. The van der Waals surface area contributed by atoms with Crippen molar-refractivity contribution in [3.05, 3.63) is 47.0 Å². The van der Waals surface area contributed by atoms with E-state index in [0.717, 1.165) is 37.0 Å². The molecule has 0 radical (unpaired) electrons. The molecule has 0 saturated heterocycles. The smallest absolute Gasteiger partial charge is 0.384 e. The Morgan fingerprint density at radius 2 is 1.85 bits per heavy atom. The maximum atomic E-state index is 12.4. The number of hydrogen-bond donors (Lipinski definition) is 1. The topological polar surface area (TPSA) is 20.2 Å². The second-order valence-corrected chi connectivity index (χ2v) is 5.10. The summed E-state index contributed by atoms with van der Waals surface area (Å²) in [7, 11) is 0. The Hall–Kier alpha value is -1.00. The summed E-state index contributed by atoms with van der Waals surface area (Å²) in [5.41, 5.74) is 0.744. The minimum Gasteiger partial charge on any atom is -0.384 e. The van der Waals surface area contributed by atoms with Crippen LogP contribution in [0.15, 0.2) is 35.9 Å². The largest absolute Gasteiger partial charge is 0.416 e. The van der Waals surface area contributed by atoms with Gasteiger partial charge in [0.1, 0.15) is 0 Å². The van der Waals surface area contributed by atoms with Gasteiger partial charge >= 0.3 is 6.18 Å². The summed E-state index contributed by atoms with van der Waals surface area (Å²) in [4.78, 5) is 0. The van der Waals surface area contributed by atoms with Gasteiger partial charge in [-0.05, 0) is 43.9 Å². The average molecular weight is 307 g/mol. The summed E-state index contributed by atoms with van der Waals surface area (Å²) >= 11 is 5.58. The molecule has 0 aromatic heterocycles. The lowest BCUT2D eigenvalue weighted by Crippen LogP contribution is -2.05. The van der Waals surface area contributed by atoms with Crippen LogP contribution < -0.4 is 0 Å². The highest BCUT2D eigenvalue weighted by Crippen LogP contribution is 2.30. The second-order valence-electron chi connectivity index (χ2n) is 4.72. The van der Waals surface area contributed by atoms with Gasteiger partial charge in [0, 0.05) is 5.88 Å². The Balaban J connectivity index is 2.68. The van der Waals surface area contributed by atoms with E-state index in [1.165, 1.54) is 12.1 Å². The first-order valence-electron chi connectivity index (χ1n) is 6.43. The van der Waals surface area contributed by atoms with Gasteiger partial charge in [-0.25, -0.2) is 0 Å². The van der Waals surface area contributed by atoms with Crippen LogP contribution in [0, 0.1) is 0 Å². The molecule has 0 heterocycles. The van der Waals surface area contributed by atoms with Gasteiger partial charge < -0.3 is 5.11 Å². The monoisotopic (exact) mass is 306 g/mol. The van der Waals surface area contributed by atoms with Gasteiger partial charge in [-0.3, -0.25) is 0 Å². The Kier molecular flexibility index (Phi) is 6.56. The number of alkyl halides is 4. The van der Waals surface area contributed by atoms with Crippen molar-refractivity contribution in [2.75, 3.05) is 5.88 Å². The predicted octanol–water partition coefficient (Wildman–Crippen LogP) is 5.09. The number of aliphatic hydroxyl groups is 1. The molecule has 0 aliphatic carbocycles.